The predicted molar refractivity (Wildman–Crippen MR) is 76.8 cm³/mol. The second kappa shape index (κ2) is 4.46. The topological polar surface area (TPSA) is 23.5 Å². The Balaban J connectivity index is 1.45. The molecular formula is C17H29NO. The van der Waals surface area contributed by atoms with Crippen LogP contribution in [0.3, 0.4) is 0 Å². The van der Waals surface area contributed by atoms with Crippen molar-refractivity contribution in [3.63, 3.8) is 0 Å². The molecule has 4 aliphatic carbocycles. The van der Waals surface area contributed by atoms with Crippen LogP contribution in [-0.4, -0.2) is 35.7 Å². The first-order valence-electron chi connectivity index (χ1n) is 8.52. The van der Waals surface area contributed by atoms with Gasteiger partial charge in [-0.15, -0.1) is 0 Å². The SMILES string of the molecule is CC1CCN(CC23CC4CC(CC(C4)C2)C3)CC1O. The number of β-amino-alcohol motifs (C(OH)–C–C–N with tert-alkyl or cyclic N) is 1. The van der Waals surface area contributed by atoms with Crippen molar-refractivity contribution in [2.45, 2.75) is 58.0 Å². The summed E-state index contributed by atoms with van der Waals surface area (Å²) in [5.74, 6) is 3.67. The van der Waals surface area contributed by atoms with Crippen LogP contribution in [0.25, 0.3) is 0 Å². The minimum absolute atomic E-state index is 0.0809. The zero-order valence-corrected chi connectivity index (χ0v) is 12.4. The number of hydrogen-bond donors (Lipinski definition) is 1. The van der Waals surface area contributed by atoms with Crippen molar-refractivity contribution in [3.05, 3.63) is 0 Å². The van der Waals surface area contributed by atoms with Crippen molar-refractivity contribution in [2.24, 2.45) is 29.1 Å². The Hall–Kier alpha value is -0.0800. The Morgan fingerprint density at radius 2 is 1.63 bits per heavy atom. The number of hydrogen-bond acceptors (Lipinski definition) is 2. The smallest absolute Gasteiger partial charge is 0.0693 e. The lowest BCUT2D eigenvalue weighted by Crippen LogP contribution is -2.54. The van der Waals surface area contributed by atoms with E-state index in [0.717, 1.165) is 24.3 Å². The minimum Gasteiger partial charge on any atom is -0.392 e. The number of rotatable bonds is 2. The van der Waals surface area contributed by atoms with Crippen LogP contribution in [0, 0.1) is 29.1 Å². The Bertz CT molecular complexity index is 318. The van der Waals surface area contributed by atoms with E-state index in [0.29, 0.717) is 11.3 Å². The molecule has 0 aromatic heterocycles. The predicted octanol–water partition coefficient (Wildman–Crippen LogP) is 2.91. The molecule has 1 heterocycles. The molecule has 1 aliphatic heterocycles. The molecule has 2 atom stereocenters. The number of aliphatic hydroxyl groups excluding tert-OH is 1. The van der Waals surface area contributed by atoms with Gasteiger partial charge in [0, 0.05) is 13.1 Å². The highest BCUT2D eigenvalue weighted by atomic mass is 16.3. The van der Waals surface area contributed by atoms with Gasteiger partial charge in [-0.1, -0.05) is 6.92 Å². The molecule has 19 heavy (non-hydrogen) atoms. The summed E-state index contributed by atoms with van der Waals surface area (Å²) < 4.78 is 0. The Kier molecular flexibility index (Phi) is 2.97. The van der Waals surface area contributed by atoms with E-state index >= 15 is 0 Å². The largest absolute Gasteiger partial charge is 0.392 e. The summed E-state index contributed by atoms with van der Waals surface area (Å²) in [7, 11) is 0. The second-order valence-corrected chi connectivity index (χ2v) is 8.49. The first-order valence-corrected chi connectivity index (χ1v) is 8.52. The fraction of sp³-hybridized carbons (Fsp3) is 1.00. The van der Waals surface area contributed by atoms with Gasteiger partial charge in [-0.2, -0.15) is 0 Å². The van der Waals surface area contributed by atoms with E-state index < -0.39 is 0 Å². The molecule has 2 heteroatoms. The highest BCUT2D eigenvalue weighted by Crippen LogP contribution is 2.60. The number of nitrogens with zero attached hydrogens (tertiary/aromatic N) is 1. The highest BCUT2D eigenvalue weighted by molar-refractivity contribution is 5.02. The summed E-state index contributed by atoms with van der Waals surface area (Å²) in [6.07, 6.45) is 10.2. The van der Waals surface area contributed by atoms with E-state index in [2.05, 4.69) is 11.8 Å². The first kappa shape index (κ1) is 12.6. The zero-order chi connectivity index (χ0) is 13.0. The third-order valence-electron chi connectivity index (χ3n) is 6.73. The van der Waals surface area contributed by atoms with Gasteiger partial charge >= 0.3 is 0 Å². The molecule has 1 saturated heterocycles. The lowest BCUT2D eigenvalue weighted by molar-refractivity contribution is -0.0814. The van der Waals surface area contributed by atoms with Gasteiger partial charge in [-0.05, 0) is 80.6 Å². The molecule has 108 valence electrons. The van der Waals surface area contributed by atoms with Crippen LogP contribution in [0.5, 0.6) is 0 Å². The van der Waals surface area contributed by atoms with E-state index in [4.69, 9.17) is 0 Å². The third-order valence-corrected chi connectivity index (χ3v) is 6.73. The van der Waals surface area contributed by atoms with Crippen LogP contribution < -0.4 is 0 Å². The number of piperidine rings is 1. The fourth-order valence-electron chi connectivity index (χ4n) is 6.22. The molecule has 0 radical (unpaired) electrons. The van der Waals surface area contributed by atoms with Crippen LogP contribution in [0.4, 0.5) is 0 Å². The first-order chi connectivity index (χ1) is 9.12. The maximum atomic E-state index is 10.1. The molecule has 5 rings (SSSR count). The van der Waals surface area contributed by atoms with Crippen LogP contribution >= 0.6 is 0 Å². The molecule has 5 aliphatic rings. The van der Waals surface area contributed by atoms with E-state index in [1.807, 2.05) is 0 Å². The minimum atomic E-state index is -0.0809. The molecule has 2 nitrogen and oxygen atoms in total. The molecule has 5 fully saturated rings. The summed E-state index contributed by atoms with van der Waals surface area (Å²) in [5, 5.41) is 10.1. The van der Waals surface area contributed by atoms with Gasteiger partial charge in [-0.25, -0.2) is 0 Å². The average molecular weight is 263 g/mol. The Labute approximate surface area is 117 Å². The molecule has 1 N–H and O–H groups in total. The van der Waals surface area contributed by atoms with Gasteiger partial charge in [0.2, 0.25) is 0 Å². The van der Waals surface area contributed by atoms with Crippen molar-refractivity contribution in [1.29, 1.82) is 0 Å². The van der Waals surface area contributed by atoms with Gasteiger partial charge in [-0.3, -0.25) is 0 Å². The lowest BCUT2D eigenvalue weighted by atomic mass is 9.49. The molecule has 0 amide bonds. The summed E-state index contributed by atoms with van der Waals surface area (Å²) in [6, 6.07) is 0. The van der Waals surface area contributed by atoms with Gasteiger partial charge in [0.1, 0.15) is 0 Å². The maximum absolute atomic E-state index is 10.1. The van der Waals surface area contributed by atoms with Crippen LogP contribution in [0.1, 0.15) is 51.9 Å². The van der Waals surface area contributed by atoms with E-state index in [1.54, 1.807) is 0 Å². The quantitative estimate of drug-likeness (QED) is 0.828. The molecule has 4 saturated carbocycles. The van der Waals surface area contributed by atoms with E-state index in [9.17, 15) is 5.11 Å². The molecule has 2 unspecified atom stereocenters. The van der Waals surface area contributed by atoms with Crippen LogP contribution in [0.15, 0.2) is 0 Å². The normalized spacial score (nSPS) is 53.7. The molecule has 0 spiro atoms. The maximum Gasteiger partial charge on any atom is 0.0693 e. The summed E-state index contributed by atoms with van der Waals surface area (Å²) in [5.41, 5.74) is 0.648. The third kappa shape index (κ3) is 2.25. The Morgan fingerprint density at radius 3 is 2.16 bits per heavy atom. The number of aliphatic hydroxyl groups is 1. The van der Waals surface area contributed by atoms with Crippen LogP contribution in [0.2, 0.25) is 0 Å². The summed E-state index contributed by atoms with van der Waals surface area (Å²) in [4.78, 5) is 2.60. The standard InChI is InChI=1S/C17H29NO/c1-12-2-3-18(10-16(12)19)11-17-7-13-4-14(8-17)6-15(5-13)9-17/h12-16,19H,2-11H2,1H3. The molecule has 4 bridgehead atoms. The van der Waals surface area contributed by atoms with Crippen molar-refractivity contribution < 1.29 is 5.11 Å². The number of likely N-dealkylation sites (tertiary alicyclic amines) is 1. The highest BCUT2D eigenvalue weighted by Gasteiger charge is 2.51. The van der Waals surface area contributed by atoms with Gasteiger partial charge in [0.15, 0.2) is 0 Å². The fourth-order valence-corrected chi connectivity index (χ4v) is 6.22. The van der Waals surface area contributed by atoms with E-state index in [1.165, 1.54) is 58.0 Å². The summed E-state index contributed by atoms with van der Waals surface area (Å²) >= 11 is 0. The monoisotopic (exact) mass is 263 g/mol. The van der Waals surface area contributed by atoms with Gasteiger partial charge < -0.3 is 10.0 Å². The van der Waals surface area contributed by atoms with Crippen molar-refractivity contribution >= 4 is 0 Å². The molecular weight excluding hydrogens is 234 g/mol. The van der Waals surface area contributed by atoms with Crippen LogP contribution in [-0.2, 0) is 0 Å². The van der Waals surface area contributed by atoms with E-state index in [-0.39, 0.29) is 6.10 Å². The van der Waals surface area contributed by atoms with Crippen molar-refractivity contribution in [3.8, 4) is 0 Å². The average Bonchev–Trinajstić information content (AvgIpc) is 2.31. The Morgan fingerprint density at radius 1 is 1.05 bits per heavy atom. The van der Waals surface area contributed by atoms with Gasteiger partial charge in [0.25, 0.3) is 0 Å². The molecule has 0 aromatic carbocycles. The lowest BCUT2D eigenvalue weighted by Gasteiger charge is -2.58. The zero-order valence-electron chi connectivity index (χ0n) is 12.4. The van der Waals surface area contributed by atoms with Crippen molar-refractivity contribution in [1.82, 2.24) is 4.90 Å². The van der Waals surface area contributed by atoms with Crippen molar-refractivity contribution in [2.75, 3.05) is 19.6 Å². The van der Waals surface area contributed by atoms with Gasteiger partial charge in [0.05, 0.1) is 6.10 Å². The summed E-state index contributed by atoms with van der Waals surface area (Å²) in [6.45, 7) is 5.65. The second-order valence-electron chi connectivity index (χ2n) is 8.49. The molecule has 0 aromatic rings.